The SMILES string of the molecule is CCCCCCCCCC/C=C\CCCCCCCCCCCCCCCCCCCCCCCC(=O)OC(CO)COC(=O)CCCCCCCCCCCC. The van der Waals surface area contributed by atoms with Crippen molar-refractivity contribution < 1.29 is 24.2 Å². The molecule has 338 valence electrons. The third-order valence-electron chi connectivity index (χ3n) is 11.8. The monoisotopic (exact) mass is 805 g/mol. The molecule has 5 nitrogen and oxygen atoms in total. The predicted molar refractivity (Wildman–Crippen MR) is 247 cm³/mol. The number of allylic oxidation sites excluding steroid dienone is 2. The first-order valence-corrected chi connectivity index (χ1v) is 25.7. The molecule has 0 rings (SSSR count). The lowest BCUT2D eigenvalue weighted by Gasteiger charge is -2.15. The van der Waals surface area contributed by atoms with Crippen LogP contribution in [0.1, 0.15) is 290 Å². The predicted octanol–water partition coefficient (Wildman–Crippen LogP) is 16.8. The molecule has 0 aromatic heterocycles. The summed E-state index contributed by atoms with van der Waals surface area (Å²) in [7, 11) is 0. The lowest BCUT2D eigenvalue weighted by molar-refractivity contribution is -0.161. The zero-order valence-corrected chi connectivity index (χ0v) is 38.6. The lowest BCUT2D eigenvalue weighted by Crippen LogP contribution is -2.28. The Hall–Kier alpha value is -1.36. The Labute approximate surface area is 356 Å². The molecule has 0 radical (unpaired) electrons. The van der Waals surface area contributed by atoms with E-state index < -0.39 is 6.10 Å². The largest absolute Gasteiger partial charge is 0.462 e. The van der Waals surface area contributed by atoms with Crippen LogP contribution in [0.3, 0.4) is 0 Å². The van der Waals surface area contributed by atoms with E-state index in [0.717, 1.165) is 38.5 Å². The number of carbonyl (C=O) groups is 2. The average molecular weight is 805 g/mol. The number of aliphatic hydroxyl groups excluding tert-OH is 1. The van der Waals surface area contributed by atoms with E-state index in [9.17, 15) is 14.7 Å². The van der Waals surface area contributed by atoms with E-state index >= 15 is 0 Å². The quantitative estimate of drug-likeness (QED) is 0.0377. The Bertz CT molecular complexity index is 825. The second-order valence-corrected chi connectivity index (χ2v) is 17.6. The first kappa shape index (κ1) is 55.6. The Balaban J connectivity index is 3.35. The van der Waals surface area contributed by atoms with Crippen LogP contribution >= 0.6 is 0 Å². The molecule has 0 aromatic carbocycles. The van der Waals surface area contributed by atoms with Crippen LogP contribution in [0.2, 0.25) is 0 Å². The fraction of sp³-hybridized carbons (Fsp3) is 0.923. The summed E-state index contributed by atoms with van der Waals surface area (Å²) >= 11 is 0. The molecule has 1 unspecified atom stereocenters. The molecule has 0 aliphatic carbocycles. The summed E-state index contributed by atoms with van der Waals surface area (Å²) in [4.78, 5) is 24.3. The Kier molecular flexibility index (Phi) is 47.8. The van der Waals surface area contributed by atoms with E-state index in [4.69, 9.17) is 9.47 Å². The zero-order chi connectivity index (χ0) is 41.4. The van der Waals surface area contributed by atoms with Gasteiger partial charge in [-0.1, -0.05) is 251 Å². The summed E-state index contributed by atoms with van der Waals surface area (Å²) in [5, 5.41) is 9.58. The molecule has 0 bridgehead atoms. The highest BCUT2D eigenvalue weighted by atomic mass is 16.6. The summed E-state index contributed by atoms with van der Waals surface area (Å²) in [5.74, 6) is -0.576. The Morgan fingerprint density at radius 2 is 0.649 bits per heavy atom. The van der Waals surface area contributed by atoms with Crippen molar-refractivity contribution >= 4 is 11.9 Å². The van der Waals surface area contributed by atoms with Crippen molar-refractivity contribution in [1.82, 2.24) is 0 Å². The van der Waals surface area contributed by atoms with Crippen molar-refractivity contribution in [1.29, 1.82) is 0 Å². The Morgan fingerprint density at radius 1 is 0.386 bits per heavy atom. The highest BCUT2D eigenvalue weighted by Crippen LogP contribution is 2.17. The van der Waals surface area contributed by atoms with Gasteiger partial charge in [-0.3, -0.25) is 9.59 Å². The fourth-order valence-corrected chi connectivity index (χ4v) is 7.91. The summed E-state index contributed by atoms with van der Waals surface area (Å²) in [5.41, 5.74) is 0. The van der Waals surface area contributed by atoms with Crippen molar-refractivity contribution in [2.45, 2.75) is 296 Å². The molecule has 0 fully saturated rings. The third-order valence-corrected chi connectivity index (χ3v) is 11.8. The Morgan fingerprint density at radius 3 is 0.947 bits per heavy atom. The van der Waals surface area contributed by atoms with E-state index in [1.807, 2.05) is 0 Å². The number of ether oxygens (including phenoxy) is 2. The number of carbonyl (C=O) groups excluding carboxylic acids is 2. The van der Waals surface area contributed by atoms with Gasteiger partial charge in [0, 0.05) is 12.8 Å². The van der Waals surface area contributed by atoms with Crippen LogP contribution < -0.4 is 0 Å². The standard InChI is InChI=1S/C52H100O5/c1-3-5-7-9-11-13-15-16-17-18-19-20-21-22-23-24-25-26-27-28-29-30-31-32-33-34-35-36-37-39-41-43-45-47-52(55)57-50(48-53)49-56-51(54)46-44-42-40-38-14-12-10-8-6-4-2/h18-19,50,53H,3-17,20-49H2,1-2H3/b19-18-. The van der Waals surface area contributed by atoms with Gasteiger partial charge in [0.2, 0.25) is 0 Å². The van der Waals surface area contributed by atoms with Gasteiger partial charge in [-0.05, 0) is 38.5 Å². The van der Waals surface area contributed by atoms with E-state index in [0.29, 0.717) is 12.8 Å². The first-order chi connectivity index (χ1) is 28.1. The first-order valence-electron chi connectivity index (χ1n) is 25.7. The molecule has 0 spiro atoms. The normalized spacial score (nSPS) is 12.1. The van der Waals surface area contributed by atoms with Gasteiger partial charge in [0.05, 0.1) is 6.61 Å². The van der Waals surface area contributed by atoms with Crippen LogP contribution in [0.5, 0.6) is 0 Å². The van der Waals surface area contributed by atoms with Gasteiger partial charge in [0.25, 0.3) is 0 Å². The minimum Gasteiger partial charge on any atom is -0.462 e. The zero-order valence-electron chi connectivity index (χ0n) is 38.6. The molecule has 0 saturated carbocycles. The molecule has 0 saturated heterocycles. The van der Waals surface area contributed by atoms with E-state index in [1.54, 1.807) is 0 Å². The molecule has 5 heteroatoms. The van der Waals surface area contributed by atoms with Crippen LogP contribution in [0, 0.1) is 0 Å². The lowest BCUT2D eigenvalue weighted by atomic mass is 10.0. The molecular weight excluding hydrogens is 705 g/mol. The minimum atomic E-state index is -0.763. The summed E-state index contributed by atoms with van der Waals surface area (Å²) in [6, 6.07) is 0. The van der Waals surface area contributed by atoms with Crippen LogP contribution in [0.15, 0.2) is 12.2 Å². The van der Waals surface area contributed by atoms with Crippen molar-refractivity contribution in [3.05, 3.63) is 12.2 Å². The molecule has 0 aliphatic rings. The van der Waals surface area contributed by atoms with Gasteiger partial charge < -0.3 is 14.6 Å². The summed E-state index contributed by atoms with van der Waals surface area (Å²) < 4.78 is 10.6. The molecular formula is C52H100O5. The highest BCUT2D eigenvalue weighted by Gasteiger charge is 2.16. The van der Waals surface area contributed by atoms with Gasteiger partial charge in [0.1, 0.15) is 6.61 Å². The van der Waals surface area contributed by atoms with Crippen molar-refractivity contribution in [3.8, 4) is 0 Å². The fourth-order valence-electron chi connectivity index (χ4n) is 7.91. The van der Waals surface area contributed by atoms with Gasteiger partial charge in [0.15, 0.2) is 6.10 Å². The molecule has 57 heavy (non-hydrogen) atoms. The molecule has 0 heterocycles. The topological polar surface area (TPSA) is 72.8 Å². The smallest absolute Gasteiger partial charge is 0.306 e. The van der Waals surface area contributed by atoms with Crippen LogP contribution in [-0.4, -0.2) is 36.4 Å². The van der Waals surface area contributed by atoms with Crippen molar-refractivity contribution in [3.63, 3.8) is 0 Å². The third kappa shape index (κ3) is 47.2. The molecule has 0 aromatic rings. The summed E-state index contributed by atoms with van der Waals surface area (Å²) in [6.07, 6.45) is 59.1. The van der Waals surface area contributed by atoms with Gasteiger partial charge in [-0.2, -0.15) is 0 Å². The maximum atomic E-state index is 12.2. The number of esters is 2. The number of unbranched alkanes of at least 4 members (excludes halogenated alkanes) is 38. The highest BCUT2D eigenvalue weighted by molar-refractivity contribution is 5.70. The number of hydrogen-bond donors (Lipinski definition) is 1. The second kappa shape index (κ2) is 49.0. The van der Waals surface area contributed by atoms with Gasteiger partial charge in [-0.15, -0.1) is 0 Å². The van der Waals surface area contributed by atoms with E-state index in [1.165, 1.54) is 225 Å². The number of hydrogen-bond acceptors (Lipinski definition) is 5. The minimum absolute atomic E-state index is 0.0583. The van der Waals surface area contributed by atoms with E-state index in [-0.39, 0.29) is 25.2 Å². The average Bonchev–Trinajstić information content (AvgIpc) is 3.21. The molecule has 1 atom stereocenters. The number of aliphatic hydroxyl groups is 1. The van der Waals surface area contributed by atoms with Gasteiger partial charge >= 0.3 is 11.9 Å². The number of rotatable bonds is 48. The van der Waals surface area contributed by atoms with Crippen LogP contribution in [0.4, 0.5) is 0 Å². The van der Waals surface area contributed by atoms with Crippen molar-refractivity contribution in [2.24, 2.45) is 0 Å². The molecule has 1 N–H and O–H groups in total. The molecule has 0 amide bonds. The van der Waals surface area contributed by atoms with Gasteiger partial charge in [-0.25, -0.2) is 0 Å². The van der Waals surface area contributed by atoms with Crippen LogP contribution in [-0.2, 0) is 19.1 Å². The summed E-state index contributed by atoms with van der Waals surface area (Å²) in [6.45, 7) is 4.16. The van der Waals surface area contributed by atoms with Crippen LogP contribution in [0.25, 0.3) is 0 Å². The maximum absolute atomic E-state index is 12.2. The second-order valence-electron chi connectivity index (χ2n) is 17.6. The van der Waals surface area contributed by atoms with Crippen molar-refractivity contribution in [2.75, 3.05) is 13.2 Å². The van der Waals surface area contributed by atoms with E-state index in [2.05, 4.69) is 26.0 Å². The maximum Gasteiger partial charge on any atom is 0.306 e. The molecule has 0 aliphatic heterocycles.